The van der Waals surface area contributed by atoms with Crippen molar-refractivity contribution in [1.82, 2.24) is 19.5 Å². The summed E-state index contributed by atoms with van der Waals surface area (Å²) in [7, 11) is -3.36. The van der Waals surface area contributed by atoms with Gasteiger partial charge in [-0.1, -0.05) is 6.16 Å². The second-order valence-electron chi connectivity index (χ2n) is 7.92. The number of imidazole rings is 1. The van der Waals surface area contributed by atoms with E-state index in [1.54, 1.807) is 11.5 Å². The quantitative estimate of drug-likeness (QED) is 0.373. The van der Waals surface area contributed by atoms with Gasteiger partial charge in [0, 0.05) is 39.6 Å². The molecular weight excluding hydrogens is 634 g/mol. The minimum Gasteiger partial charge on any atom is -0.490 e. The maximum atomic E-state index is 12.8. The number of aliphatic hydroxyl groups is 2. The zero-order valence-corrected chi connectivity index (χ0v) is 22.8. The Hall–Kier alpha value is -0.147. The van der Waals surface area contributed by atoms with Gasteiger partial charge < -0.3 is 29.9 Å². The van der Waals surface area contributed by atoms with Gasteiger partial charge in [-0.15, -0.1) is 6.92 Å². The van der Waals surface area contributed by atoms with Crippen molar-refractivity contribution in [2.75, 3.05) is 12.8 Å². The first-order chi connectivity index (χ1) is 13.6. The molecule has 171 valence electrons. The second-order valence-corrected chi connectivity index (χ2v) is 9.93. The van der Waals surface area contributed by atoms with E-state index >= 15 is 0 Å². The Morgan fingerprint density at radius 1 is 1.45 bits per heavy atom. The Kier molecular flexibility index (Phi) is 8.74. The van der Waals surface area contributed by atoms with Crippen LogP contribution in [0.5, 0.6) is 0 Å². The zero-order valence-electron chi connectivity index (χ0n) is 17.6. The molecule has 2 N–H and O–H groups in total. The Labute approximate surface area is 207 Å². The molecule has 2 aromatic heterocycles. The minimum atomic E-state index is -3.36. The number of aliphatic hydroxyl groups excluding tert-OH is 1. The van der Waals surface area contributed by atoms with Crippen molar-refractivity contribution < 1.29 is 68.2 Å². The molecular formula is C18H25N4O6PVW-2. The van der Waals surface area contributed by atoms with Gasteiger partial charge >= 0.3 is 0 Å². The van der Waals surface area contributed by atoms with Crippen molar-refractivity contribution in [1.29, 1.82) is 0 Å². The summed E-state index contributed by atoms with van der Waals surface area (Å²) in [6, 6.07) is 0. The van der Waals surface area contributed by atoms with Gasteiger partial charge in [0.25, 0.3) is 7.60 Å². The van der Waals surface area contributed by atoms with Crippen LogP contribution in [0, 0.1) is 25.4 Å². The number of aryl methyl sites for hydroxylation is 1. The maximum Gasteiger partial charge on any atom is 0.271 e. The molecule has 0 aliphatic carbocycles. The summed E-state index contributed by atoms with van der Waals surface area (Å²) in [4.78, 5) is 12.6. The van der Waals surface area contributed by atoms with E-state index in [-0.39, 0.29) is 58.3 Å². The Balaban J connectivity index is 0.00000171. The molecule has 4 heterocycles. The first kappa shape index (κ1) is 27.1. The molecule has 2 aliphatic heterocycles. The van der Waals surface area contributed by atoms with Crippen molar-refractivity contribution in [2.24, 2.45) is 5.92 Å². The molecule has 2 aromatic rings. The summed E-state index contributed by atoms with van der Waals surface area (Å²) in [5, 5.41) is 21.6. The summed E-state index contributed by atoms with van der Waals surface area (Å²) in [5.74, 6) is 1.09. The maximum absolute atomic E-state index is 12.8. The molecule has 2 fully saturated rings. The van der Waals surface area contributed by atoms with Gasteiger partial charge in [-0.3, -0.25) is 15.1 Å². The van der Waals surface area contributed by atoms with E-state index < -0.39 is 31.6 Å². The SMILES string of the molecule is Cc1ncnc2c1ncn2[C@@H]1O[C@H](COP2(=O)C[C-](C)C(C)[CH-]O2)[C@@H](O)[C@@]1(C)O.[V].[W]. The molecule has 10 nitrogen and oxygen atoms in total. The van der Waals surface area contributed by atoms with E-state index in [0.717, 1.165) is 5.92 Å². The van der Waals surface area contributed by atoms with Gasteiger partial charge in [0.05, 0.1) is 18.6 Å². The average molecular weight is 659 g/mol. The molecule has 2 unspecified atom stereocenters. The number of rotatable bonds is 4. The van der Waals surface area contributed by atoms with E-state index in [1.807, 2.05) is 13.8 Å². The summed E-state index contributed by atoms with van der Waals surface area (Å²) in [6.07, 6.45) is -0.0583. The number of hydrogen-bond donors (Lipinski definition) is 2. The van der Waals surface area contributed by atoms with Crippen LogP contribution in [0.3, 0.4) is 0 Å². The van der Waals surface area contributed by atoms with Crippen LogP contribution < -0.4 is 0 Å². The van der Waals surface area contributed by atoms with Gasteiger partial charge in [-0.05, 0) is 13.8 Å². The normalized spacial score (nSPS) is 36.2. The van der Waals surface area contributed by atoms with Gasteiger partial charge in [0.15, 0.2) is 11.9 Å². The predicted octanol–water partition coefficient (Wildman–Crippen LogP) is 1.77. The standard InChI is InChI=1S/C18H25N4O6P.V.W/c1-10-5-26-29(25,7-11(10)2)27-6-13-15(23)18(4,24)17(28-13)22-9-21-14-12(3)19-8-20-16(14)22;;/h5,8-10,13,15,17,23-24H,6-7H2,1-4H3;;/q-2;;/t10?,13-,15-,17-,18-,29?;;/m1../s1. The van der Waals surface area contributed by atoms with Crippen LogP contribution in [0.4, 0.5) is 0 Å². The zero-order chi connectivity index (χ0) is 21.0. The number of ether oxygens (including phenoxy) is 1. The number of nitrogens with zero attached hydrogens (tertiary/aromatic N) is 4. The summed E-state index contributed by atoms with van der Waals surface area (Å²) >= 11 is 0. The van der Waals surface area contributed by atoms with Crippen molar-refractivity contribution >= 4 is 18.8 Å². The smallest absolute Gasteiger partial charge is 0.271 e. The summed E-state index contributed by atoms with van der Waals surface area (Å²) < 4.78 is 31.1. The van der Waals surface area contributed by atoms with E-state index in [9.17, 15) is 14.8 Å². The van der Waals surface area contributed by atoms with Gasteiger partial charge in [0.2, 0.25) is 0 Å². The van der Waals surface area contributed by atoms with E-state index in [0.29, 0.717) is 16.9 Å². The molecule has 0 spiro atoms. The fraction of sp³-hybridized carbons (Fsp3) is 0.611. The molecule has 6 atom stereocenters. The van der Waals surface area contributed by atoms with Crippen molar-refractivity contribution in [3.05, 3.63) is 30.9 Å². The van der Waals surface area contributed by atoms with Crippen molar-refractivity contribution in [3.63, 3.8) is 0 Å². The Morgan fingerprint density at radius 2 is 2.16 bits per heavy atom. The molecule has 0 saturated carbocycles. The first-order valence-corrected chi connectivity index (χ1v) is 11.1. The van der Waals surface area contributed by atoms with Gasteiger partial charge in [-0.2, -0.15) is 6.92 Å². The summed E-state index contributed by atoms with van der Waals surface area (Å²) in [5.41, 5.74) is 0.104. The molecule has 0 bridgehead atoms. The monoisotopic (exact) mass is 659 g/mol. The first-order valence-electron chi connectivity index (χ1n) is 9.40. The largest absolute Gasteiger partial charge is 0.490 e. The van der Waals surface area contributed by atoms with Gasteiger partial charge in [0.1, 0.15) is 29.7 Å². The van der Waals surface area contributed by atoms with E-state index in [1.165, 1.54) is 26.2 Å². The molecule has 0 amide bonds. The molecule has 13 heteroatoms. The molecule has 31 heavy (non-hydrogen) atoms. The number of hydrogen-bond acceptors (Lipinski definition) is 9. The van der Waals surface area contributed by atoms with Crippen LogP contribution in [0.1, 0.15) is 32.7 Å². The van der Waals surface area contributed by atoms with Crippen LogP contribution in [-0.2, 0) is 58.0 Å². The molecule has 2 saturated heterocycles. The molecule has 4 rings (SSSR count). The topological polar surface area (TPSA) is 129 Å². The van der Waals surface area contributed by atoms with Crippen LogP contribution >= 0.6 is 7.60 Å². The number of fused-ring (bicyclic) bond motifs is 1. The van der Waals surface area contributed by atoms with E-state index in [4.69, 9.17) is 13.8 Å². The van der Waals surface area contributed by atoms with E-state index in [2.05, 4.69) is 15.0 Å². The molecule has 1 radical (unpaired) electrons. The molecule has 2 aliphatic rings. The third-order valence-corrected chi connectivity index (χ3v) is 7.50. The van der Waals surface area contributed by atoms with Crippen LogP contribution in [0.15, 0.2) is 12.7 Å². The minimum absolute atomic E-state index is 0. The fourth-order valence-corrected chi connectivity index (χ4v) is 5.44. The Bertz CT molecular complexity index is 962. The van der Waals surface area contributed by atoms with Gasteiger partial charge in [-0.25, -0.2) is 21.6 Å². The second kappa shape index (κ2) is 10.00. The van der Waals surface area contributed by atoms with Crippen LogP contribution in [0.2, 0.25) is 0 Å². The predicted molar refractivity (Wildman–Crippen MR) is 102 cm³/mol. The third kappa shape index (κ3) is 5.03. The average Bonchev–Trinajstić information content (AvgIpc) is 3.18. The van der Waals surface area contributed by atoms with Crippen molar-refractivity contribution in [2.45, 2.75) is 51.7 Å². The molecule has 0 aromatic carbocycles. The van der Waals surface area contributed by atoms with Crippen molar-refractivity contribution in [3.8, 4) is 0 Å². The Morgan fingerprint density at radius 3 is 2.84 bits per heavy atom. The third-order valence-electron chi connectivity index (χ3n) is 5.63. The number of aromatic nitrogens is 4. The fourth-order valence-electron chi connectivity index (χ4n) is 3.57. The van der Waals surface area contributed by atoms with Crippen LogP contribution in [0.25, 0.3) is 11.2 Å². The summed E-state index contributed by atoms with van der Waals surface area (Å²) in [6.45, 7) is 8.43. The van der Waals surface area contributed by atoms with Crippen LogP contribution in [-0.4, -0.2) is 60.3 Å².